The van der Waals surface area contributed by atoms with Gasteiger partial charge in [-0.15, -0.1) is 0 Å². The van der Waals surface area contributed by atoms with Crippen LogP contribution in [0.3, 0.4) is 0 Å². The van der Waals surface area contributed by atoms with Crippen molar-refractivity contribution in [1.82, 2.24) is 4.72 Å². The molecule has 0 spiro atoms. The molecule has 0 bridgehead atoms. The summed E-state index contributed by atoms with van der Waals surface area (Å²) in [5, 5.41) is 3.33. The fraction of sp³-hybridized carbons (Fsp3) is 0.625. The molecule has 0 aliphatic heterocycles. The van der Waals surface area contributed by atoms with Gasteiger partial charge in [-0.3, -0.25) is 0 Å². The molecule has 0 saturated carbocycles. The van der Waals surface area contributed by atoms with E-state index in [1.54, 1.807) is 19.1 Å². The van der Waals surface area contributed by atoms with E-state index in [1.165, 1.54) is 32.1 Å². The average Bonchev–Trinajstić information content (AvgIpc) is 2.47. The Kier molecular flexibility index (Phi) is 8.38. The summed E-state index contributed by atoms with van der Waals surface area (Å²) in [4.78, 5) is 0.314. The van der Waals surface area contributed by atoms with Crippen molar-refractivity contribution in [1.29, 1.82) is 0 Å². The predicted molar refractivity (Wildman–Crippen MR) is 89.2 cm³/mol. The highest BCUT2D eigenvalue weighted by Gasteiger charge is 2.11. The summed E-state index contributed by atoms with van der Waals surface area (Å²) in [6.07, 6.45) is 7.64. The molecule has 120 valence electrons. The highest BCUT2D eigenvalue weighted by Crippen LogP contribution is 2.14. The quantitative estimate of drug-likeness (QED) is 0.612. The number of hydrogen-bond donors (Lipinski definition) is 2. The van der Waals surface area contributed by atoms with Gasteiger partial charge >= 0.3 is 0 Å². The van der Waals surface area contributed by atoms with E-state index in [0.29, 0.717) is 11.4 Å². The summed E-state index contributed by atoms with van der Waals surface area (Å²) < 4.78 is 26.1. The third-order valence-corrected chi connectivity index (χ3v) is 4.92. The molecule has 0 heterocycles. The smallest absolute Gasteiger partial charge is 0.240 e. The number of sulfonamides is 1. The summed E-state index contributed by atoms with van der Waals surface area (Å²) in [6.45, 7) is 5.33. The van der Waals surface area contributed by atoms with Gasteiger partial charge in [0.1, 0.15) is 0 Å². The largest absolute Gasteiger partial charge is 0.385 e. The monoisotopic (exact) mass is 312 g/mol. The Labute approximate surface area is 129 Å². The second-order valence-electron chi connectivity index (χ2n) is 5.22. The van der Waals surface area contributed by atoms with Gasteiger partial charge in [0, 0.05) is 18.8 Å². The molecular weight excluding hydrogens is 284 g/mol. The van der Waals surface area contributed by atoms with Gasteiger partial charge in [0.25, 0.3) is 0 Å². The third kappa shape index (κ3) is 6.96. The molecule has 0 fully saturated rings. The lowest BCUT2D eigenvalue weighted by atomic mass is 10.1. The Hall–Kier alpha value is -1.07. The molecule has 0 unspecified atom stereocenters. The van der Waals surface area contributed by atoms with Crippen LogP contribution in [0.25, 0.3) is 0 Å². The van der Waals surface area contributed by atoms with Gasteiger partial charge in [-0.25, -0.2) is 13.1 Å². The normalized spacial score (nSPS) is 11.5. The SMILES string of the molecule is CCCCCCCCNc1ccc(S(=O)(=O)NCC)cc1. The molecule has 1 rings (SSSR count). The molecule has 1 aromatic rings. The Morgan fingerprint density at radius 1 is 0.905 bits per heavy atom. The fourth-order valence-electron chi connectivity index (χ4n) is 2.16. The molecule has 0 saturated heterocycles. The number of unbranched alkanes of at least 4 members (excludes halogenated alkanes) is 5. The molecule has 0 aromatic heterocycles. The summed E-state index contributed by atoms with van der Waals surface area (Å²) in [7, 11) is -3.34. The van der Waals surface area contributed by atoms with Gasteiger partial charge in [0.15, 0.2) is 0 Å². The van der Waals surface area contributed by atoms with Crippen molar-refractivity contribution in [2.24, 2.45) is 0 Å². The van der Waals surface area contributed by atoms with Crippen molar-refractivity contribution in [3.63, 3.8) is 0 Å². The lowest BCUT2D eigenvalue weighted by Gasteiger charge is -2.08. The van der Waals surface area contributed by atoms with Crippen molar-refractivity contribution >= 4 is 15.7 Å². The molecule has 5 heteroatoms. The second kappa shape index (κ2) is 9.79. The van der Waals surface area contributed by atoms with E-state index in [-0.39, 0.29) is 0 Å². The maximum atomic E-state index is 11.8. The minimum Gasteiger partial charge on any atom is -0.385 e. The van der Waals surface area contributed by atoms with Gasteiger partial charge in [-0.1, -0.05) is 46.0 Å². The number of anilines is 1. The lowest BCUT2D eigenvalue weighted by Crippen LogP contribution is -2.23. The molecule has 1 aromatic carbocycles. The van der Waals surface area contributed by atoms with Crippen LogP contribution in [0.4, 0.5) is 5.69 Å². The van der Waals surface area contributed by atoms with Crippen LogP contribution in [0.15, 0.2) is 29.2 Å². The maximum Gasteiger partial charge on any atom is 0.240 e. The lowest BCUT2D eigenvalue weighted by molar-refractivity contribution is 0.584. The van der Waals surface area contributed by atoms with Gasteiger partial charge in [-0.05, 0) is 30.7 Å². The van der Waals surface area contributed by atoms with Crippen LogP contribution < -0.4 is 10.0 Å². The Morgan fingerprint density at radius 3 is 2.14 bits per heavy atom. The summed E-state index contributed by atoms with van der Waals surface area (Å²) in [6, 6.07) is 6.92. The number of benzene rings is 1. The van der Waals surface area contributed by atoms with Crippen LogP contribution >= 0.6 is 0 Å². The standard InChI is InChI=1S/C16H28N2O2S/c1-3-5-6-7-8-9-14-17-15-10-12-16(13-11-15)21(19,20)18-4-2/h10-13,17-18H,3-9,14H2,1-2H3. The van der Waals surface area contributed by atoms with Crippen LogP contribution in [0.2, 0.25) is 0 Å². The molecule has 0 atom stereocenters. The van der Waals surface area contributed by atoms with E-state index < -0.39 is 10.0 Å². The molecule has 0 aliphatic rings. The molecular formula is C16H28N2O2S. The van der Waals surface area contributed by atoms with Gasteiger partial charge in [0.05, 0.1) is 4.90 Å². The van der Waals surface area contributed by atoms with E-state index in [4.69, 9.17) is 0 Å². The first-order chi connectivity index (χ1) is 10.1. The van der Waals surface area contributed by atoms with Gasteiger partial charge < -0.3 is 5.32 Å². The van der Waals surface area contributed by atoms with Crippen LogP contribution in [-0.2, 0) is 10.0 Å². The zero-order valence-electron chi connectivity index (χ0n) is 13.2. The van der Waals surface area contributed by atoms with Crippen molar-refractivity contribution in [3.8, 4) is 0 Å². The molecule has 0 aliphatic carbocycles. The van der Waals surface area contributed by atoms with Gasteiger partial charge in [-0.2, -0.15) is 0 Å². The molecule has 2 N–H and O–H groups in total. The highest BCUT2D eigenvalue weighted by molar-refractivity contribution is 7.89. The maximum absolute atomic E-state index is 11.8. The van der Waals surface area contributed by atoms with Gasteiger partial charge in [0.2, 0.25) is 10.0 Å². The molecule has 0 radical (unpaired) electrons. The van der Waals surface area contributed by atoms with E-state index in [2.05, 4.69) is 17.0 Å². The highest BCUT2D eigenvalue weighted by atomic mass is 32.2. The van der Waals surface area contributed by atoms with E-state index in [0.717, 1.165) is 18.7 Å². The van der Waals surface area contributed by atoms with Crippen LogP contribution in [-0.4, -0.2) is 21.5 Å². The van der Waals surface area contributed by atoms with E-state index >= 15 is 0 Å². The van der Waals surface area contributed by atoms with Crippen LogP contribution in [0.1, 0.15) is 52.4 Å². The minimum absolute atomic E-state index is 0.314. The van der Waals surface area contributed by atoms with E-state index in [1.807, 2.05) is 12.1 Å². The van der Waals surface area contributed by atoms with Crippen molar-refractivity contribution in [2.75, 3.05) is 18.4 Å². The summed E-state index contributed by atoms with van der Waals surface area (Å²) in [5.41, 5.74) is 0.971. The van der Waals surface area contributed by atoms with Crippen LogP contribution in [0.5, 0.6) is 0 Å². The number of nitrogens with one attached hydrogen (secondary N) is 2. The Balaban J connectivity index is 2.32. The van der Waals surface area contributed by atoms with E-state index in [9.17, 15) is 8.42 Å². The molecule has 21 heavy (non-hydrogen) atoms. The summed E-state index contributed by atoms with van der Waals surface area (Å²) >= 11 is 0. The van der Waals surface area contributed by atoms with Crippen molar-refractivity contribution < 1.29 is 8.42 Å². The third-order valence-electron chi connectivity index (χ3n) is 3.36. The van der Waals surface area contributed by atoms with Crippen molar-refractivity contribution in [3.05, 3.63) is 24.3 Å². The second-order valence-corrected chi connectivity index (χ2v) is 6.99. The summed E-state index contributed by atoms with van der Waals surface area (Å²) in [5.74, 6) is 0. The molecule has 4 nitrogen and oxygen atoms in total. The fourth-order valence-corrected chi connectivity index (χ4v) is 3.20. The van der Waals surface area contributed by atoms with Crippen molar-refractivity contribution in [2.45, 2.75) is 57.3 Å². The number of hydrogen-bond acceptors (Lipinski definition) is 3. The first kappa shape index (κ1) is 18.0. The van der Waals surface area contributed by atoms with Crippen LogP contribution in [0, 0.1) is 0 Å². The molecule has 0 amide bonds. The predicted octanol–water partition coefficient (Wildman–Crippen LogP) is 3.76. The topological polar surface area (TPSA) is 58.2 Å². The average molecular weight is 312 g/mol. The Morgan fingerprint density at radius 2 is 1.52 bits per heavy atom. The Bertz CT molecular complexity index is 484. The number of rotatable bonds is 11. The first-order valence-electron chi connectivity index (χ1n) is 7.93. The zero-order chi connectivity index (χ0) is 15.6. The zero-order valence-corrected chi connectivity index (χ0v) is 14.0. The first-order valence-corrected chi connectivity index (χ1v) is 9.42. The minimum atomic E-state index is -3.34.